The minimum Gasteiger partial charge on any atom is -0.493 e. The zero-order valence-corrected chi connectivity index (χ0v) is 24.7. The number of pyridine rings is 1. The Balaban J connectivity index is 1.82. The fraction of sp³-hybridized carbons (Fsp3) is 0.400. The molecule has 40 heavy (non-hydrogen) atoms. The number of likely N-dealkylation sites (N-methyl/N-ethyl adjacent to an activating group) is 2. The molecule has 9 nitrogen and oxygen atoms in total. The predicted molar refractivity (Wildman–Crippen MR) is 157 cm³/mol. The van der Waals surface area contributed by atoms with Gasteiger partial charge in [0.15, 0.2) is 11.2 Å². The Hall–Kier alpha value is -3.76. The van der Waals surface area contributed by atoms with E-state index in [1.165, 1.54) is 11.3 Å². The van der Waals surface area contributed by atoms with Crippen molar-refractivity contribution in [2.75, 3.05) is 39.2 Å². The van der Waals surface area contributed by atoms with Gasteiger partial charge in [0, 0.05) is 55.8 Å². The maximum absolute atomic E-state index is 12.8. The second-order valence-electron chi connectivity index (χ2n) is 11.3. The highest BCUT2D eigenvalue weighted by atomic mass is 32.1. The number of carbonyl (C=O) groups excluding carboxylic acids is 1. The molecule has 1 N–H and O–H groups in total. The van der Waals surface area contributed by atoms with Gasteiger partial charge in [0.05, 0.1) is 34.5 Å². The summed E-state index contributed by atoms with van der Waals surface area (Å²) < 4.78 is 12.9. The Morgan fingerprint density at radius 2 is 1.95 bits per heavy atom. The van der Waals surface area contributed by atoms with Crippen molar-refractivity contribution in [3.05, 3.63) is 47.2 Å². The molecule has 1 aliphatic heterocycles. The number of aromatic nitrogens is 2. The highest BCUT2D eigenvalue weighted by Gasteiger charge is 2.33. The van der Waals surface area contributed by atoms with Crippen LogP contribution in [0.3, 0.4) is 0 Å². The molecule has 0 radical (unpaired) electrons. The number of carbonyl (C=O) groups is 2. The number of benzene rings is 2. The molecule has 1 unspecified atom stereocenters. The van der Waals surface area contributed by atoms with Gasteiger partial charge in [-0.15, -0.1) is 0 Å². The summed E-state index contributed by atoms with van der Waals surface area (Å²) in [6.45, 7) is 8.19. The average molecular weight is 563 g/mol. The number of rotatable bonds is 7. The Morgan fingerprint density at radius 3 is 2.62 bits per heavy atom. The molecule has 0 spiro atoms. The number of thiazole rings is 1. The fourth-order valence-corrected chi connectivity index (χ4v) is 6.15. The van der Waals surface area contributed by atoms with Crippen molar-refractivity contribution in [3.63, 3.8) is 0 Å². The number of amides is 1. The summed E-state index contributed by atoms with van der Waals surface area (Å²) in [6, 6.07) is 7.80. The van der Waals surface area contributed by atoms with Crippen LogP contribution in [0.4, 0.5) is 5.13 Å². The molecule has 0 saturated heterocycles. The largest absolute Gasteiger partial charge is 0.493 e. The Morgan fingerprint density at radius 1 is 1.20 bits per heavy atom. The summed E-state index contributed by atoms with van der Waals surface area (Å²) in [5.41, 5.74) is 4.73. The van der Waals surface area contributed by atoms with Crippen molar-refractivity contribution in [2.45, 2.75) is 45.8 Å². The number of carboxylic acids is 1. The van der Waals surface area contributed by atoms with Crippen molar-refractivity contribution in [1.29, 1.82) is 0 Å². The lowest BCUT2D eigenvalue weighted by Gasteiger charge is -2.28. The Kier molecular flexibility index (Phi) is 7.18. The summed E-state index contributed by atoms with van der Waals surface area (Å²) in [7, 11) is 5.27. The molecule has 4 aromatic rings. The number of hydrogen-bond donors (Lipinski definition) is 1. The van der Waals surface area contributed by atoms with Crippen molar-refractivity contribution in [3.8, 4) is 16.9 Å². The van der Waals surface area contributed by atoms with Gasteiger partial charge in [0.25, 0.3) is 0 Å². The van der Waals surface area contributed by atoms with E-state index in [1.807, 2.05) is 63.9 Å². The van der Waals surface area contributed by atoms with E-state index in [9.17, 15) is 14.7 Å². The third-order valence-corrected chi connectivity index (χ3v) is 8.11. The molecule has 0 aliphatic carbocycles. The fourth-order valence-electron chi connectivity index (χ4n) is 5.07. The van der Waals surface area contributed by atoms with Crippen LogP contribution >= 0.6 is 11.3 Å². The lowest BCUT2D eigenvalue weighted by molar-refractivity contribution is -0.160. The summed E-state index contributed by atoms with van der Waals surface area (Å²) in [6.07, 6.45) is 1.34. The number of hydrogen-bond acceptors (Lipinski definition) is 8. The highest BCUT2D eigenvalue weighted by Crippen LogP contribution is 2.47. The molecule has 1 aliphatic rings. The third-order valence-electron chi connectivity index (χ3n) is 6.91. The molecule has 3 heterocycles. The van der Waals surface area contributed by atoms with Crippen LogP contribution in [0.1, 0.15) is 43.6 Å². The first kappa shape index (κ1) is 27.8. The molecular weight excluding hydrogens is 528 g/mol. The van der Waals surface area contributed by atoms with Crippen LogP contribution < -0.4 is 9.64 Å². The first-order valence-corrected chi connectivity index (χ1v) is 14.0. The quantitative estimate of drug-likeness (QED) is 0.327. The lowest BCUT2D eigenvalue weighted by Crippen LogP contribution is -2.34. The first-order valence-electron chi connectivity index (χ1n) is 13.2. The molecule has 1 atom stereocenters. The second-order valence-corrected chi connectivity index (χ2v) is 12.3. The van der Waals surface area contributed by atoms with Gasteiger partial charge in [-0.05, 0) is 63.1 Å². The van der Waals surface area contributed by atoms with Crippen LogP contribution in [-0.2, 0) is 20.7 Å². The van der Waals surface area contributed by atoms with Gasteiger partial charge in [0.2, 0.25) is 5.91 Å². The van der Waals surface area contributed by atoms with Gasteiger partial charge in [0.1, 0.15) is 5.75 Å². The smallest absolute Gasteiger partial charge is 0.337 e. The molecule has 0 fully saturated rings. The number of aryl methyl sites for hydroxylation is 1. The maximum Gasteiger partial charge on any atom is 0.337 e. The third kappa shape index (κ3) is 5.09. The molecular formula is C30H34N4O5S. The van der Waals surface area contributed by atoms with E-state index < -0.39 is 17.7 Å². The van der Waals surface area contributed by atoms with E-state index in [1.54, 1.807) is 25.2 Å². The van der Waals surface area contributed by atoms with Crippen LogP contribution in [-0.4, -0.2) is 71.7 Å². The topological polar surface area (TPSA) is 105 Å². The van der Waals surface area contributed by atoms with Crippen molar-refractivity contribution in [2.24, 2.45) is 0 Å². The second kappa shape index (κ2) is 10.3. The zero-order valence-electron chi connectivity index (χ0n) is 23.9. The molecule has 0 bridgehead atoms. The van der Waals surface area contributed by atoms with Gasteiger partial charge in [-0.3, -0.25) is 9.78 Å². The van der Waals surface area contributed by atoms with E-state index in [0.29, 0.717) is 17.3 Å². The van der Waals surface area contributed by atoms with E-state index in [0.717, 1.165) is 55.5 Å². The monoisotopic (exact) mass is 562 g/mol. The van der Waals surface area contributed by atoms with E-state index >= 15 is 0 Å². The summed E-state index contributed by atoms with van der Waals surface area (Å²) in [5, 5.41) is 12.0. The number of ether oxygens (including phenoxy) is 2. The number of fused-ring (bicyclic) bond motifs is 1. The molecule has 2 aromatic heterocycles. The zero-order chi connectivity index (χ0) is 28.9. The standard InChI is InChI=1S/C30H34N4O5S/c1-16-14-19-27(40-29(32-19)34(7)15-21(35)33(5)6)24(22(16)26(28(36)37)39-30(2,3)4)18-8-9-20-23-17(11-13-38-20)10-12-31-25(18)23/h8-10,12,14,26H,11,13,15H2,1-7H3,(H,36,37). The van der Waals surface area contributed by atoms with Gasteiger partial charge in [-0.1, -0.05) is 11.3 Å². The lowest BCUT2D eigenvalue weighted by atomic mass is 9.89. The van der Waals surface area contributed by atoms with Crippen molar-refractivity contribution in [1.82, 2.24) is 14.9 Å². The van der Waals surface area contributed by atoms with Gasteiger partial charge >= 0.3 is 5.97 Å². The average Bonchev–Trinajstić information content (AvgIpc) is 3.30. The minimum absolute atomic E-state index is 0.0452. The summed E-state index contributed by atoms with van der Waals surface area (Å²) >= 11 is 1.42. The molecule has 10 heteroatoms. The van der Waals surface area contributed by atoms with E-state index in [4.69, 9.17) is 19.4 Å². The molecule has 210 valence electrons. The van der Waals surface area contributed by atoms with Crippen LogP contribution in [0.5, 0.6) is 5.75 Å². The van der Waals surface area contributed by atoms with Crippen molar-refractivity contribution >= 4 is 49.5 Å². The Bertz CT molecular complexity index is 1630. The molecule has 0 saturated carbocycles. The van der Waals surface area contributed by atoms with Crippen LogP contribution in [0.15, 0.2) is 30.5 Å². The molecule has 5 rings (SSSR count). The predicted octanol–water partition coefficient (Wildman–Crippen LogP) is 5.22. The number of carboxylic acid groups (broad SMARTS) is 1. The molecule has 1 amide bonds. The number of anilines is 1. The van der Waals surface area contributed by atoms with Gasteiger partial charge < -0.3 is 24.4 Å². The number of nitrogens with zero attached hydrogens (tertiary/aromatic N) is 4. The van der Waals surface area contributed by atoms with Gasteiger partial charge in [-0.2, -0.15) is 0 Å². The van der Waals surface area contributed by atoms with Crippen molar-refractivity contribution < 1.29 is 24.2 Å². The number of aliphatic carboxylic acids is 1. The van der Waals surface area contributed by atoms with E-state index in [-0.39, 0.29) is 12.5 Å². The minimum atomic E-state index is -1.22. The summed E-state index contributed by atoms with van der Waals surface area (Å²) in [4.78, 5) is 38.2. The van der Waals surface area contributed by atoms with Crippen LogP contribution in [0.25, 0.3) is 32.2 Å². The van der Waals surface area contributed by atoms with Gasteiger partial charge in [-0.25, -0.2) is 9.78 Å². The molecule has 2 aromatic carbocycles. The normalized spacial score (nSPS) is 13.8. The Labute approximate surface area is 237 Å². The first-order chi connectivity index (χ1) is 18.9. The van der Waals surface area contributed by atoms with Crippen LogP contribution in [0, 0.1) is 6.92 Å². The van der Waals surface area contributed by atoms with E-state index in [2.05, 4.69) is 0 Å². The SMILES string of the molecule is Cc1cc2nc(N(C)CC(=O)N(C)C)sc2c(-c2ccc3c4c(ccnc24)CCO3)c1C(OC(C)(C)C)C(=O)O. The highest BCUT2D eigenvalue weighted by molar-refractivity contribution is 7.22. The van der Waals surface area contributed by atoms with Crippen LogP contribution in [0.2, 0.25) is 0 Å². The summed E-state index contributed by atoms with van der Waals surface area (Å²) in [5.74, 6) is -0.349. The maximum atomic E-state index is 12.8.